The summed E-state index contributed by atoms with van der Waals surface area (Å²) in [4.78, 5) is 2.86. The second-order valence-corrected chi connectivity index (χ2v) is 5.25. The summed E-state index contributed by atoms with van der Waals surface area (Å²) in [7, 11) is 0. The van der Waals surface area contributed by atoms with Crippen molar-refractivity contribution in [3.63, 3.8) is 0 Å². The molecule has 0 aliphatic carbocycles. The number of piperidine rings is 1. The maximum atomic E-state index is 2.86. The number of nitrogens with zero attached hydrogens (tertiary/aromatic N) is 1. The van der Waals surface area contributed by atoms with Crippen molar-refractivity contribution in [3.8, 4) is 0 Å². The fraction of sp³-hybridized carbons (Fsp3) is 1.00. The first-order valence-electron chi connectivity index (χ1n) is 6.60. The van der Waals surface area contributed by atoms with Gasteiger partial charge in [-0.25, -0.2) is 0 Å². The van der Waals surface area contributed by atoms with Crippen molar-refractivity contribution >= 4 is 12.4 Å². The SMILES string of the molecule is CCCC[C@@H]1CC[C@H]2CCC[C@@H](C)N12.Cl. The third-order valence-corrected chi connectivity index (χ3v) is 4.24. The van der Waals surface area contributed by atoms with Gasteiger partial charge in [0.25, 0.3) is 0 Å². The van der Waals surface area contributed by atoms with Crippen LogP contribution >= 0.6 is 12.4 Å². The minimum atomic E-state index is 0. The van der Waals surface area contributed by atoms with Crippen molar-refractivity contribution in [2.45, 2.75) is 83.3 Å². The van der Waals surface area contributed by atoms with E-state index < -0.39 is 0 Å². The number of fused-ring (bicyclic) bond motifs is 1. The maximum absolute atomic E-state index is 2.86. The van der Waals surface area contributed by atoms with E-state index in [4.69, 9.17) is 0 Å². The van der Waals surface area contributed by atoms with E-state index in [2.05, 4.69) is 18.7 Å². The zero-order valence-electron chi connectivity index (χ0n) is 10.2. The Bertz CT molecular complexity index is 183. The molecule has 0 saturated carbocycles. The van der Waals surface area contributed by atoms with E-state index in [0.29, 0.717) is 0 Å². The van der Waals surface area contributed by atoms with Crippen LogP contribution in [0.15, 0.2) is 0 Å². The van der Waals surface area contributed by atoms with Crippen LogP contribution in [0.25, 0.3) is 0 Å². The molecule has 0 spiro atoms. The van der Waals surface area contributed by atoms with Gasteiger partial charge < -0.3 is 0 Å². The highest BCUT2D eigenvalue weighted by molar-refractivity contribution is 5.85. The van der Waals surface area contributed by atoms with Crippen molar-refractivity contribution in [1.29, 1.82) is 0 Å². The summed E-state index contributed by atoms with van der Waals surface area (Å²) in [5.41, 5.74) is 0. The molecule has 2 heteroatoms. The van der Waals surface area contributed by atoms with Crippen molar-refractivity contribution in [3.05, 3.63) is 0 Å². The number of rotatable bonds is 3. The van der Waals surface area contributed by atoms with Crippen LogP contribution in [0.4, 0.5) is 0 Å². The average Bonchev–Trinajstić information content (AvgIpc) is 2.59. The first-order valence-corrected chi connectivity index (χ1v) is 6.60. The zero-order chi connectivity index (χ0) is 9.97. The van der Waals surface area contributed by atoms with E-state index in [1.54, 1.807) is 0 Å². The lowest BCUT2D eigenvalue weighted by Gasteiger charge is -2.39. The van der Waals surface area contributed by atoms with Crippen LogP contribution in [-0.2, 0) is 0 Å². The normalized spacial score (nSPS) is 36.0. The monoisotopic (exact) mass is 231 g/mol. The van der Waals surface area contributed by atoms with E-state index >= 15 is 0 Å². The Morgan fingerprint density at radius 3 is 2.67 bits per heavy atom. The lowest BCUT2D eigenvalue weighted by atomic mass is 9.97. The first-order chi connectivity index (χ1) is 6.83. The van der Waals surface area contributed by atoms with Crippen LogP contribution in [0.1, 0.15) is 65.2 Å². The van der Waals surface area contributed by atoms with Gasteiger partial charge in [-0.2, -0.15) is 0 Å². The second kappa shape index (κ2) is 6.10. The Hall–Kier alpha value is 0.250. The molecule has 15 heavy (non-hydrogen) atoms. The molecule has 2 fully saturated rings. The fourth-order valence-corrected chi connectivity index (χ4v) is 3.53. The lowest BCUT2D eigenvalue weighted by Crippen LogP contribution is -2.45. The molecule has 0 N–H and O–H groups in total. The van der Waals surface area contributed by atoms with Gasteiger partial charge in [-0.05, 0) is 39.0 Å². The minimum absolute atomic E-state index is 0. The van der Waals surface area contributed by atoms with Gasteiger partial charge in [0.2, 0.25) is 0 Å². The van der Waals surface area contributed by atoms with E-state index in [0.717, 1.165) is 18.1 Å². The molecule has 0 bridgehead atoms. The van der Waals surface area contributed by atoms with Gasteiger partial charge in [-0.1, -0.05) is 26.2 Å². The Morgan fingerprint density at radius 2 is 1.93 bits per heavy atom. The molecule has 2 rings (SSSR count). The predicted octanol–water partition coefficient (Wildman–Crippen LogP) is 4.00. The quantitative estimate of drug-likeness (QED) is 0.710. The van der Waals surface area contributed by atoms with Gasteiger partial charge in [-0.3, -0.25) is 4.90 Å². The molecular weight excluding hydrogens is 206 g/mol. The topological polar surface area (TPSA) is 3.24 Å². The summed E-state index contributed by atoms with van der Waals surface area (Å²) in [6.45, 7) is 4.75. The summed E-state index contributed by atoms with van der Waals surface area (Å²) in [5, 5.41) is 0. The summed E-state index contributed by atoms with van der Waals surface area (Å²) in [5.74, 6) is 0. The van der Waals surface area contributed by atoms with E-state index in [9.17, 15) is 0 Å². The molecule has 0 radical (unpaired) electrons. The summed E-state index contributed by atoms with van der Waals surface area (Å²) in [6.07, 6.45) is 11.6. The molecule has 0 unspecified atom stereocenters. The highest BCUT2D eigenvalue weighted by Gasteiger charge is 2.37. The van der Waals surface area contributed by atoms with Crippen LogP contribution in [0.2, 0.25) is 0 Å². The van der Waals surface area contributed by atoms with Crippen molar-refractivity contribution in [2.75, 3.05) is 0 Å². The molecular formula is C13H26ClN. The highest BCUT2D eigenvalue weighted by Crippen LogP contribution is 2.36. The fourth-order valence-electron chi connectivity index (χ4n) is 3.53. The Morgan fingerprint density at radius 1 is 1.13 bits per heavy atom. The molecule has 2 heterocycles. The van der Waals surface area contributed by atoms with Gasteiger partial charge >= 0.3 is 0 Å². The van der Waals surface area contributed by atoms with Crippen LogP contribution in [0.5, 0.6) is 0 Å². The number of halogens is 1. The first kappa shape index (κ1) is 13.3. The number of unbranched alkanes of at least 4 members (excludes halogenated alkanes) is 1. The molecule has 1 nitrogen and oxygen atoms in total. The number of hydrogen-bond donors (Lipinski definition) is 0. The van der Waals surface area contributed by atoms with Gasteiger partial charge in [-0.15, -0.1) is 12.4 Å². The summed E-state index contributed by atoms with van der Waals surface area (Å²) in [6, 6.07) is 2.77. The third-order valence-electron chi connectivity index (χ3n) is 4.24. The van der Waals surface area contributed by atoms with E-state index in [-0.39, 0.29) is 12.4 Å². The van der Waals surface area contributed by atoms with Gasteiger partial charge in [0.15, 0.2) is 0 Å². The molecule has 2 aliphatic rings. The summed E-state index contributed by atoms with van der Waals surface area (Å²) >= 11 is 0. The predicted molar refractivity (Wildman–Crippen MR) is 68.7 cm³/mol. The Labute approximate surface area is 101 Å². The largest absolute Gasteiger partial charge is 0.295 e. The van der Waals surface area contributed by atoms with E-state index in [1.807, 2.05) is 0 Å². The van der Waals surface area contributed by atoms with Crippen molar-refractivity contribution in [2.24, 2.45) is 0 Å². The van der Waals surface area contributed by atoms with Crippen molar-refractivity contribution in [1.82, 2.24) is 4.90 Å². The van der Waals surface area contributed by atoms with Crippen LogP contribution < -0.4 is 0 Å². The molecule has 2 aliphatic heterocycles. The Kier molecular flexibility index (Phi) is 5.42. The number of hydrogen-bond acceptors (Lipinski definition) is 1. The molecule has 0 aromatic carbocycles. The zero-order valence-corrected chi connectivity index (χ0v) is 11.1. The van der Waals surface area contributed by atoms with E-state index in [1.165, 1.54) is 51.4 Å². The molecule has 0 aromatic heterocycles. The van der Waals surface area contributed by atoms with Crippen LogP contribution in [0, 0.1) is 0 Å². The standard InChI is InChI=1S/C13H25N.ClH/c1-3-4-7-12-9-10-13-8-5-6-11(2)14(12)13;/h11-13H,3-10H2,1-2H3;1H/t11-,12-,13-;/m1./s1. The molecule has 3 atom stereocenters. The maximum Gasteiger partial charge on any atom is 0.0102 e. The molecule has 2 saturated heterocycles. The molecule has 0 aromatic rings. The second-order valence-electron chi connectivity index (χ2n) is 5.25. The Balaban J connectivity index is 0.00000112. The molecule has 90 valence electrons. The van der Waals surface area contributed by atoms with Crippen LogP contribution in [0.3, 0.4) is 0 Å². The highest BCUT2D eigenvalue weighted by atomic mass is 35.5. The molecule has 0 amide bonds. The van der Waals surface area contributed by atoms with Gasteiger partial charge in [0, 0.05) is 18.1 Å². The third kappa shape index (κ3) is 2.88. The van der Waals surface area contributed by atoms with Gasteiger partial charge in [0.1, 0.15) is 0 Å². The van der Waals surface area contributed by atoms with Gasteiger partial charge in [0.05, 0.1) is 0 Å². The summed E-state index contributed by atoms with van der Waals surface area (Å²) < 4.78 is 0. The minimum Gasteiger partial charge on any atom is -0.295 e. The van der Waals surface area contributed by atoms with Crippen LogP contribution in [-0.4, -0.2) is 23.0 Å². The lowest BCUT2D eigenvalue weighted by molar-refractivity contribution is 0.0875. The average molecular weight is 232 g/mol. The smallest absolute Gasteiger partial charge is 0.0102 e. The van der Waals surface area contributed by atoms with Crippen molar-refractivity contribution < 1.29 is 0 Å².